The maximum absolute atomic E-state index is 8.56. The summed E-state index contributed by atoms with van der Waals surface area (Å²) in [6.45, 7) is 0. The van der Waals surface area contributed by atoms with Crippen LogP contribution in [0.15, 0.2) is 4.47 Å². The number of hydrogen-bond acceptors (Lipinski definition) is 5. The number of rotatable bonds is 3. The molecule has 74 valence electrons. The molecule has 0 unspecified atom stereocenters. The Morgan fingerprint density at radius 1 is 1.36 bits per heavy atom. The van der Waals surface area contributed by atoms with Crippen LogP contribution in [0.1, 0.15) is 5.69 Å². The van der Waals surface area contributed by atoms with Crippen molar-refractivity contribution in [1.82, 2.24) is 9.97 Å². The Balaban J connectivity index is 3.21. The van der Waals surface area contributed by atoms with E-state index in [1.807, 2.05) is 6.07 Å². The second-order valence-electron chi connectivity index (χ2n) is 2.32. The Labute approximate surface area is 89.8 Å². The molecular formula is C8H8BrN3O2. The maximum Gasteiger partial charge on any atom is 0.319 e. The third kappa shape index (κ3) is 2.12. The van der Waals surface area contributed by atoms with Gasteiger partial charge in [0.1, 0.15) is 4.47 Å². The molecule has 0 N–H and O–H groups in total. The van der Waals surface area contributed by atoms with E-state index in [0.29, 0.717) is 16.0 Å². The highest BCUT2D eigenvalue weighted by Crippen LogP contribution is 2.27. The van der Waals surface area contributed by atoms with E-state index in [-0.39, 0.29) is 12.4 Å². The predicted octanol–water partition coefficient (Wildman–Crippen LogP) is 1.32. The van der Waals surface area contributed by atoms with E-state index in [0.717, 1.165) is 0 Å². The third-order valence-electron chi connectivity index (χ3n) is 1.49. The second kappa shape index (κ2) is 4.77. The number of methoxy groups -OCH3 is 2. The van der Waals surface area contributed by atoms with Crippen molar-refractivity contribution in [3.63, 3.8) is 0 Å². The lowest BCUT2D eigenvalue weighted by atomic mass is 10.3. The summed E-state index contributed by atoms with van der Waals surface area (Å²) >= 11 is 3.25. The Morgan fingerprint density at radius 3 is 2.57 bits per heavy atom. The molecule has 1 aromatic heterocycles. The highest BCUT2D eigenvalue weighted by molar-refractivity contribution is 9.10. The highest BCUT2D eigenvalue weighted by Gasteiger charge is 2.12. The number of nitrogens with zero attached hydrogens (tertiary/aromatic N) is 3. The monoisotopic (exact) mass is 257 g/mol. The van der Waals surface area contributed by atoms with Crippen molar-refractivity contribution >= 4 is 15.9 Å². The van der Waals surface area contributed by atoms with Crippen molar-refractivity contribution in [2.45, 2.75) is 6.42 Å². The topological polar surface area (TPSA) is 68.0 Å². The van der Waals surface area contributed by atoms with Gasteiger partial charge in [0.15, 0.2) is 0 Å². The van der Waals surface area contributed by atoms with Crippen molar-refractivity contribution in [3.8, 4) is 18.0 Å². The highest BCUT2D eigenvalue weighted by atomic mass is 79.9. The van der Waals surface area contributed by atoms with E-state index >= 15 is 0 Å². The Bertz CT molecular complexity index is 376. The van der Waals surface area contributed by atoms with Crippen LogP contribution in [0, 0.1) is 11.3 Å². The van der Waals surface area contributed by atoms with Crippen LogP contribution in [0.5, 0.6) is 11.9 Å². The first-order chi connectivity index (χ1) is 6.72. The average molecular weight is 258 g/mol. The summed E-state index contributed by atoms with van der Waals surface area (Å²) < 4.78 is 10.4. The van der Waals surface area contributed by atoms with Crippen LogP contribution >= 0.6 is 15.9 Å². The molecule has 0 fully saturated rings. The van der Waals surface area contributed by atoms with Crippen LogP contribution in [0.2, 0.25) is 0 Å². The summed E-state index contributed by atoms with van der Waals surface area (Å²) in [5.74, 6) is 0.363. The van der Waals surface area contributed by atoms with Gasteiger partial charge >= 0.3 is 6.01 Å². The van der Waals surface area contributed by atoms with Crippen molar-refractivity contribution in [2.24, 2.45) is 0 Å². The molecule has 0 atom stereocenters. The van der Waals surface area contributed by atoms with Crippen molar-refractivity contribution < 1.29 is 9.47 Å². The minimum Gasteiger partial charge on any atom is -0.480 e. The summed E-state index contributed by atoms with van der Waals surface area (Å²) in [7, 11) is 2.95. The smallest absolute Gasteiger partial charge is 0.319 e. The average Bonchev–Trinajstić information content (AvgIpc) is 2.21. The fourth-order valence-electron chi connectivity index (χ4n) is 0.867. The SMILES string of the molecule is COc1nc(CC#N)c(Br)c(OC)n1. The van der Waals surface area contributed by atoms with E-state index in [9.17, 15) is 0 Å². The molecule has 5 nitrogen and oxygen atoms in total. The Hall–Kier alpha value is -1.35. The number of hydrogen-bond donors (Lipinski definition) is 0. The zero-order valence-electron chi connectivity index (χ0n) is 7.74. The predicted molar refractivity (Wildman–Crippen MR) is 52.2 cm³/mol. The molecule has 6 heteroatoms. The largest absolute Gasteiger partial charge is 0.480 e. The van der Waals surface area contributed by atoms with Crippen LogP contribution in [-0.4, -0.2) is 24.2 Å². The standard InChI is InChI=1S/C8H8BrN3O2/c1-13-7-6(9)5(3-4-10)11-8(12-7)14-2/h3H2,1-2H3. The molecule has 1 heterocycles. The lowest BCUT2D eigenvalue weighted by Crippen LogP contribution is -2.01. The molecule has 0 aliphatic carbocycles. The van der Waals surface area contributed by atoms with Gasteiger partial charge in [0, 0.05) is 0 Å². The van der Waals surface area contributed by atoms with Crippen LogP contribution in [0.4, 0.5) is 0 Å². The van der Waals surface area contributed by atoms with Gasteiger partial charge in [-0.3, -0.25) is 0 Å². The molecule has 0 saturated heterocycles. The minimum absolute atomic E-state index is 0.176. The van der Waals surface area contributed by atoms with Crippen LogP contribution in [0.25, 0.3) is 0 Å². The summed E-state index contributed by atoms with van der Waals surface area (Å²) in [5.41, 5.74) is 0.552. The fraction of sp³-hybridized carbons (Fsp3) is 0.375. The van der Waals surface area contributed by atoms with Crippen LogP contribution in [-0.2, 0) is 6.42 Å². The van der Waals surface area contributed by atoms with E-state index < -0.39 is 0 Å². The van der Waals surface area contributed by atoms with Gasteiger partial charge in [0.2, 0.25) is 5.88 Å². The first kappa shape index (κ1) is 10.7. The van der Waals surface area contributed by atoms with Gasteiger partial charge in [-0.25, -0.2) is 0 Å². The molecule has 0 saturated carbocycles. The number of halogens is 1. The zero-order chi connectivity index (χ0) is 10.6. The number of ether oxygens (including phenoxy) is 2. The van der Waals surface area contributed by atoms with Gasteiger partial charge in [-0.1, -0.05) is 0 Å². The lowest BCUT2D eigenvalue weighted by molar-refractivity contribution is 0.348. The molecule has 0 spiro atoms. The first-order valence-corrected chi connectivity index (χ1v) is 4.53. The minimum atomic E-state index is 0.176. The van der Waals surface area contributed by atoms with E-state index in [4.69, 9.17) is 14.7 Å². The molecule has 0 amide bonds. The van der Waals surface area contributed by atoms with Crippen molar-refractivity contribution in [3.05, 3.63) is 10.2 Å². The van der Waals surface area contributed by atoms with Gasteiger partial charge < -0.3 is 9.47 Å². The van der Waals surface area contributed by atoms with Gasteiger partial charge in [0.05, 0.1) is 32.4 Å². The molecule has 0 aliphatic rings. The van der Waals surface area contributed by atoms with E-state index in [2.05, 4.69) is 25.9 Å². The molecule has 14 heavy (non-hydrogen) atoms. The molecule has 1 aromatic rings. The molecule has 0 radical (unpaired) electrons. The van der Waals surface area contributed by atoms with Crippen molar-refractivity contribution in [1.29, 1.82) is 5.26 Å². The first-order valence-electron chi connectivity index (χ1n) is 3.74. The Kier molecular flexibility index (Phi) is 3.65. The number of aromatic nitrogens is 2. The van der Waals surface area contributed by atoms with Gasteiger partial charge in [0.25, 0.3) is 0 Å². The van der Waals surface area contributed by atoms with Gasteiger partial charge in [-0.05, 0) is 15.9 Å². The van der Waals surface area contributed by atoms with Crippen molar-refractivity contribution in [2.75, 3.05) is 14.2 Å². The van der Waals surface area contributed by atoms with Gasteiger partial charge in [-0.2, -0.15) is 15.2 Å². The summed E-state index contributed by atoms with van der Waals surface area (Å²) in [6, 6.07) is 2.19. The zero-order valence-corrected chi connectivity index (χ0v) is 9.33. The third-order valence-corrected chi connectivity index (χ3v) is 2.29. The quantitative estimate of drug-likeness (QED) is 0.817. The summed E-state index contributed by atoms with van der Waals surface area (Å²) in [6.07, 6.45) is 0.176. The summed E-state index contributed by atoms with van der Waals surface area (Å²) in [5, 5.41) is 8.56. The molecular weight excluding hydrogens is 250 g/mol. The summed E-state index contributed by atoms with van der Waals surface area (Å²) in [4.78, 5) is 7.95. The molecule has 0 aliphatic heterocycles. The molecule has 0 aromatic carbocycles. The second-order valence-corrected chi connectivity index (χ2v) is 3.11. The number of nitriles is 1. The van der Waals surface area contributed by atoms with Gasteiger partial charge in [-0.15, -0.1) is 0 Å². The van der Waals surface area contributed by atoms with Crippen LogP contribution < -0.4 is 9.47 Å². The maximum atomic E-state index is 8.56. The lowest BCUT2D eigenvalue weighted by Gasteiger charge is -2.06. The van der Waals surface area contributed by atoms with Crippen LogP contribution in [0.3, 0.4) is 0 Å². The van der Waals surface area contributed by atoms with E-state index in [1.165, 1.54) is 14.2 Å². The Morgan fingerprint density at radius 2 is 2.07 bits per heavy atom. The molecule has 0 bridgehead atoms. The normalized spacial score (nSPS) is 9.29. The fourth-order valence-corrected chi connectivity index (χ4v) is 1.35. The molecule has 1 rings (SSSR count). The van der Waals surface area contributed by atoms with E-state index in [1.54, 1.807) is 0 Å².